The van der Waals surface area contributed by atoms with Crippen molar-refractivity contribution in [3.63, 3.8) is 0 Å². The van der Waals surface area contributed by atoms with Crippen molar-refractivity contribution in [3.05, 3.63) is 36.0 Å². The molecule has 0 amide bonds. The van der Waals surface area contributed by atoms with E-state index in [9.17, 15) is 0 Å². The number of hydrogen-bond acceptors (Lipinski definition) is 0. The Morgan fingerprint density at radius 3 is 3.00 bits per heavy atom. The number of aromatic nitrogens is 1. The summed E-state index contributed by atoms with van der Waals surface area (Å²) in [5, 5.41) is 1.14. The zero-order chi connectivity index (χ0) is 7.84. The van der Waals surface area contributed by atoms with Gasteiger partial charge >= 0.3 is 0 Å². The maximum Gasteiger partial charge on any atom is 0.166 e. The summed E-state index contributed by atoms with van der Waals surface area (Å²) in [6.45, 7) is 1.94. The molecule has 1 aromatic carbocycles. The number of aromatic amines is 1. The molecule has 0 aliphatic rings. The van der Waals surface area contributed by atoms with E-state index in [0.717, 1.165) is 16.6 Å². The quantitative estimate of drug-likeness (QED) is 0.566. The van der Waals surface area contributed by atoms with Crippen LogP contribution in [0.5, 0.6) is 0 Å². The summed E-state index contributed by atoms with van der Waals surface area (Å²) < 4.78 is 7.58. The predicted molar refractivity (Wildman–Crippen MR) is 43.0 cm³/mol. The molecule has 2 aromatic rings. The molecule has 1 aromatic heterocycles. The number of H-pyrrole nitrogens is 1. The van der Waals surface area contributed by atoms with E-state index in [2.05, 4.69) is 0 Å². The maximum absolute atomic E-state index is 7.58. The number of hydrogen-bond donors (Lipinski definition) is 1. The van der Waals surface area contributed by atoms with Crippen LogP contribution in [0.15, 0.2) is 30.3 Å². The van der Waals surface area contributed by atoms with Gasteiger partial charge < -0.3 is 4.98 Å². The van der Waals surface area contributed by atoms with E-state index in [1.807, 2.05) is 37.3 Å². The SMILES string of the molecule is [2H]n1c(C)cc2ccccc21. The summed E-state index contributed by atoms with van der Waals surface area (Å²) in [5.41, 5.74) is 1.95. The van der Waals surface area contributed by atoms with Gasteiger partial charge in [-0.2, -0.15) is 0 Å². The summed E-state index contributed by atoms with van der Waals surface area (Å²) in [7, 11) is 0. The van der Waals surface area contributed by atoms with Crippen LogP contribution in [0.2, 0.25) is 1.41 Å². The average Bonchev–Trinajstić information content (AvgIpc) is 2.30. The largest absolute Gasteiger partial charge is 0.359 e. The van der Waals surface area contributed by atoms with Gasteiger partial charge in [-0.05, 0) is 24.4 Å². The highest BCUT2D eigenvalue weighted by atomic mass is 14.7. The van der Waals surface area contributed by atoms with Crippen LogP contribution in [-0.4, -0.2) is 4.98 Å². The molecule has 0 saturated heterocycles. The molecule has 1 N–H and O–H groups in total. The second-order valence-electron chi connectivity index (χ2n) is 2.46. The Balaban J connectivity index is 2.92. The van der Waals surface area contributed by atoms with Crippen LogP contribution >= 0.6 is 0 Å². The van der Waals surface area contributed by atoms with Crippen molar-refractivity contribution < 1.29 is 1.41 Å². The maximum atomic E-state index is 7.58. The fraction of sp³-hybridized carbons (Fsp3) is 0.111. The number of rotatable bonds is 0. The van der Waals surface area contributed by atoms with Crippen molar-refractivity contribution in [2.75, 3.05) is 0 Å². The van der Waals surface area contributed by atoms with Crippen LogP contribution in [0.3, 0.4) is 0 Å². The summed E-state index contributed by atoms with van der Waals surface area (Å²) >= 11 is 0. The Morgan fingerprint density at radius 1 is 1.40 bits per heavy atom. The standard InChI is InChI=1S/C9H9N/c1-7-6-8-4-2-3-5-9(8)10-7/h2-6,10H,1H3/i/hD. The molecule has 0 aliphatic carbocycles. The fourth-order valence-corrected chi connectivity index (χ4v) is 1.16. The summed E-state index contributed by atoms with van der Waals surface area (Å²) in [4.78, 5) is 1.45. The van der Waals surface area contributed by atoms with Gasteiger partial charge in [0.05, 0.1) is 0 Å². The molecule has 0 radical (unpaired) electrons. The third-order valence-electron chi connectivity index (χ3n) is 1.60. The number of fused-ring (bicyclic) bond motifs is 1. The van der Waals surface area contributed by atoms with Gasteiger partial charge in [-0.1, -0.05) is 18.2 Å². The van der Waals surface area contributed by atoms with Gasteiger partial charge in [0.25, 0.3) is 0 Å². The van der Waals surface area contributed by atoms with Crippen molar-refractivity contribution in [2.24, 2.45) is 0 Å². The smallest absolute Gasteiger partial charge is 0.166 e. The zero-order valence-electron chi connectivity index (χ0n) is 6.83. The molecule has 0 atom stereocenters. The Bertz CT molecular complexity index is 389. The molecule has 0 saturated carbocycles. The minimum atomic E-state index is 0.977. The van der Waals surface area contributed by atoms with Gasteiger partial charge in [-0.25, -0.2) is 0 Å². The monoisotopic (exact) mass is 132 g/mol. The number of nitrogens with one attached hydrogen (secondary N) is 1. The molecule has 1 nitrogen and oxygen atoms in total. The molecular weight excluding hydrogens is 122 g/mol. The molecule has 0 bridgehead atoms. The number of aryl methyl sites for hydroxylation is 1. The fourth-order valence-electron chi connectivity index (χ4n) is 1.16. The molecule has 0 fully saturated rings. The topological polar surface area (TPSA) is 15.8 Å². The van der Waals surface area contributed by atoms with Crippen LogP contribution in [0, 0.1) is 6.92 Å². The predicted octanol–water partition coefficient (Wildman–Crippen LogP) is 2.48. The minimum absolute atomic E-state index is 0.977. The molecular formula is C9H9N. The number of benzene rings is 1. The first-order valence-electron chi connectivity index (χ1n) is 3.80. The first-order valence-corrected chi connectivity index (χ1v) is 3.35. The van der Waals surface area contributed by atoms with E-state index in [1.54, 1.807) is 0 Å². The van der Waals surface area contributed by atoms with E-state index in [0.29, 0.717) is 0 Å². The lowest BCUT2D eigenvalue weighted by atomic mass is 10.2. The lowest BCUT2D eigenvalue weighted by Crippen LogP contribution is -1.65. The number of para-hydroxylation sites is 1. The molecule has 50 valence electrons. The Morgan fingerprint density at radius 2 is 2.20 bits per heavy atom. The van der Waals surface area contributed by atoms with E-state index < -0.39 is 0 Å². The van der Waals surface area contributed by atoms with Crippen molar-refractivity contribution in [1.82, 2.24) is 4.98 Å². The van der Waals surface area contributed by atoms with E-state index in [1.165, 1.54) is 4.98 Å². The third kappa shape index (κ3) is 0.711. The van der Waals surface area contributed by atoms with Gasteiger partial charge in [-0.3, -0.25) is 0 Å². The van der Waals surface area contributed by atoms with E-state index in [-0.39, 0.29) is 0 Å². The first kappa shape index (κ1) is 4.56. The molecule has 0 spiro atoms. The molecule has 2 rings (SSSR count). The first-order chi connectivity index (χ1) is 5.29. The van der Waals surface area contributed by atoms with Gasteiger partial charge in [-0.15, -0.1) is 0 Å². The van der Waals surface area contributed by atoms with Gasteiger partial charge in [0.15, 0.2) is 1.41 Å². The van der Waals surface area contributed by atoms with Crippen LogP contribution < -0.4 is 0 Å². The van der Waals surface area contributed by atoms with Gasteiger partial charge in [0.1, 0.15) is 0 Å². The highest BCUT2D eigenvalue weighted by Crippen LogP contribution is 2.12. The van der Waals surface area contributed by atoms with Gasteiger partial charge in [0, 0.05) is 11.2 Å². The van der Waals surface area contributed by atoms with Crippen LogP contribution in [-0.2, 0) is 0 Å². The molecule has 1 heterocycles. The minimum Gasteiger partial charge on any atom is -0.359 e. The molecule has 0 unspecified atom stereocenters. The van der Waals surface area contributed by atoms with Crippen LogP contribution in [0.25, 0.3) is 10.9 Å². The Hall–Kier alpha value is -1.24. The highest BCUT2D eigenvalue weighted by Gasteiger charge is 1.92. The highest BCUT2D eigenvalue weighted by molar-refractivity contribution is 5.79. The lowest BCUT2D eigenvalue weighted by Gasteiger charge is -1.83. The van der Waals surface area contributed by atoms with E-state index >= 15 is 0 Å². The van der Waals surface area contributed by atoms with Crippen molar-refractivity contribution in [3.8, 4) is 0 Å². The van der Waals surface area contributed by atoms with Crippen LogP contribution in [0.1, 0.15) is 5.69 Å². The lowest BCUT2D eigenvalue weighted by molar-refractivity contribution is 1.30. The molecule has 10 heavy (non-hydrogen) atoms. The normalized spacial score (nSPS) is 11.9. The second-order valence-corrected chi connectivity index (χ2v) is 2.46. The Labute approximate surface area is 61.2 Å². The Kier molecular flexibility index (Phi) is 0.853. The van der Waals surface area contributed by atoms with Gasteiger partial charge in [0.2, 0.25) is 0 Å². The summed E-state index contributed by atoms with van der Waals surface area (Å²) in [6.07, 6.45) is 0. The van der Waals surface area contributed by atoms with Crippen LogP contribution in [0.4, 0.5) is 0 Å². The van der Waals surface area contributed by atoms with Crippen molar-refractivity contribution >= 4 is 10.9 Å². The second kappa shape index (κ2) is 1.87. The third-order valence-corrected chi connectivity index (χ3v) is 1.60. The summed E-state index contributed by atoms with van der Waals surface area (Å²) in [6, 6.07) is 9.93. The van der Waals surface area contributed by atoms with E-state index in [4.69, 9.17) is 1.41 Å². The zero-order valence-corrected chi connectivity index (χ0v) is 5.83. The van der Waals surface area contributed by atoms with Crippen molar-refractivity contribution in [2.45, 2.75) is 6.92 Å². The summed E-state index contributed by atoms with van der Waals surface area (Å²) in [5.74, 6) is 0. The molecule has 0 aliphatic heterocycles. The average molecular weight is 132 g/mol. The van der Waals surface area contributed by atoms with Crippen molar-refractivity contribution in [1.29, 1.82) is 0 Å². The molecule has 1 heteroatoms.